The molecule has 7 heteroatoms. The normalized spacial score (nSPS) is 22.9. The van der Waals surface area contributed by atoms with Gasteiger partial charge in [0.15, 0.2) is 11.6 Å². The third kappa shape index (κ3) is 3.45. The minimum absolute atomic E-state index is 0.127. The minimum atomic E-state index is -0.127. The number of nitrogens with two attached hydrogens (primary N) is 1. The van der Waals surface area contributed by atoms with Gasteiger partial charge in [-0.15, -0.1) is 0 Å². The van der Waals surface area contributed by atoms with Crippen molar-refractivity contribution >= 4 is 11.6 Å². The van der Waals surface area contributed by atoms with Crippen LogP contribution in [0.1, 0.15) is 25.7 Å². The first kappa shape index (κ1) is 13.8. The summed E-state index contributed by atoms with van der Waals surface area (Å²) in [6, 6.07) is 0. The number of rotatable bonds is 5. The second-order valence-electron chi connectivity index (χ2n) is 4.80. The average Bonchev–Trinajstić information content (AvgIpc) is 2.46. The molecule has 0 saturated heterocycles. The highest BCUT2D eigenvalue weighted by molar-refractivity contribution is 5.62. The van der Waals surface area contributed by atoms with Crippen LogP contribution in [-0.2, 0) is 0 Å². The van der Waals surface area contributed by atoms with Gasteiger partial charge in [-0.2, -0.15) is 0 Å². The molecular weight excluding hydrogens is 246 g/mol. The Balaban J connectivity index is 1.95. The maximum absolute atomic E-state index is 9.48. The van der Waals surface area contributed by atoms with Gasteiger partial charge >= 0.3 is 0 Å². The van der Waals surface area contributed by atoms with E-state index in [1.807, 2.05) is 0 Å². The fourth-order valence-corrected chi connectivity index (χ4v) is 2.39. The second kappa shape index (κ2) is 6.53. The number of hydrogen-bond donors (Lipinski definition) is 4. The molecule has 0 spiro atoms. The van der Waals surface area contributed by atoms with Crippen molar-refractivity contribution in [2.45, 2.75) is 31.8 Å². The smallest absolute Gasteiger partial charge is 0.205 e. The summed E-state index contributed by atoms with van der Waals surface area (Å²) in [7, 11) is 1.56. The van der Waals surface area contributed by atoms with Crippen molar-refractivity contribution in [1.82, 2.24) is 9.97 Å². The van der Waals surface area contributed by atoms with Gasteiger partial charge in [0.25, 0.3) is 0 Å². The molecule has 1 fully saturated rings. The molecule has 1 heterocycles. The Bertz CT molecular complexity index is 407. The van der Waals surface area contributed by atoms with Crippen LogP contribution < -0.4 is 21.3 Å². The van der Waals surface area contributed by atoms with E-state index in [9.17, 15) is 5.11 Å². The third-order valence-corrected chi connectivity index (χ3v) is 3.52. The summed E-state index contributed by atoms with van der Waals surface area (Å²) in [5.41, 5.74) is 2.48. The number of aliphatic hydroxyl groups is 1. The van der Waals surface area contributed by atoms with Crippen molar-refractivity contribution in [3.63, 3.8) is 0 Å². The van der Waals surface area contributed by atoms with Crippen LogP contribution in [0.25, 0.3) is 0 Å². The predicted octanol–water partition coefficient (Wildman–Crippen LogP) is 0.734. The molecule has 7 nitrogen and oxygen atoms in total. The van der Waals surface area contributed by atoms with Crippen LogP contribution in [0.2, 0.25) is 0 Å². The van der Waals surface area contributed by atoms with Crippen molar-refractivity contribution in [3.8, 4) is 5.75 Å². The van der Waals surface area contributed by atoms with Crippen LogP contribution in [0.5, 0.6) is 5.75 Å². The molecule has 0 aromatic carbocycles. The molecule has 106 valence electrons. The summed E-state index contributed by atoms with van der Waals surface area (Å²) in [5.74, 6) is 7.53. The zero-order chi connectivity index (χ0) is 13.7. The molecule has 5 N–H and O–H groups in total. The lowest BCUT2D eigenvalue weighted by atomic mass is 9.87. The number of aromatic nitrogens is 2. The van der Waals surface area contributed by atoms with E-state index in [-0.39, 0.29) is 6.10 Å². The molecule has 1 aliphatic rings. The van der Waals surface area contributed by atoms with Gasteiger partial charge in [-0.1, -0.05) is 0 Å². The number of methoxy groups -OCH3 is 1. The van der Waals surface area contributed by atoms with Gasteiger partial charge in [-0.05, 0) is 31.6 Å². The number of ether oxygens (including phenoxy) is 1. The predicted molar refractivity (Wildman–Crippen MR) is 72.8 cm³/mol. The Morgan fingerprint density at radius 2 is 2.00 bits per heavy atom. The van der Waals surface area contributed by atoms with Crippen molar-refractivity contribution in [2.24, 2.45) is 11.8 Å². The molecule has 0 bridgehead atoms. The Hall–Kier alpha value is -1.60. The standard InChI is InChI=1S/C12H21N5O2/c1-19-10-11(15-7-16-12(10)17-13)14-6-8-2-4-9(18)5-3-8/h7-9,18H,2-6,13H2,1H3,(H2,14,15,16,17). The maximum Gasteiger partial charge on any atom is 0.205 e. The van der Waals surface area contributed by atoms with Gasteiger partial charge in [-0.3, -0.25) is 0 Å². The SMILES string of the molecule is COc1c(NN)ncnc1NCC1CCC(O)CC1. The van der Waals surface area contributed by atoms with Crippen molar-refractivity contribution in [1.29, 1.82) is 0 Å². The van der Waals surface area contributed by atoms with Gasteiger partial charge in [0.1, 0.15) is 6.33 Å². The van der Waals surface area contributed by atoms with E-state index in [1.165, 1.54) is 6.33 Å². The lowest BCUT2D eigenvalue weighted by molar-refractivity contribution is 0.111. The number of nitrogens with one attached hydrogen (secondary N) is 2. The van der Waals surface area contributed by atoms with Gasteiger partial charge in [0, 0.05) is 6.54 Å². The number of aliphatic hydroxyl groups excluding tert-OH is 1. The lowest BCUT2D eigenvalue weighted by Gasteiger charge is -2.25. The molecule has 0 aliphatic heterocycles. The van der Waals surface area contributed by atoms with Gasteiger partial charge < -0.3 is 20.6 Å². The number of hydrazine groups is 1. The van der Waals surface area contributed by atoms with E-state index in [1.54, 1.807) is 7.11 Å². The Morgan fingerprint density at radius 1 is 1.32 bits per heavy atom. The number of hydrogen-bond acceptors (Lipinski definition) is 7. The molecule has 2 rings (SSSR count). The topological polar surface area (TPSA) is 105 Å². The first-order chi connectivity index (χ1) is 9.24. The minimum Gasteiger partial charge on any atom is -0.490 e. The molecule has 19 heavy (non-hydrogen) atoms. The first-order valence-electron chi connectivity index (χ1n) is 6.52. The summed E-state index contributed by atoms with van der Waals surface area (Å²) in [6.45, 7) is 0.810. The van der Waals surface area contributed by atoms with Crippen molar-refractivity contribution in [2.75, 3.05) is 24.4 Å². The van der Waals surface area contributed by atoms with Crippen molar-refractivity contribution in [3.05, 3.63) is 6.33 Å². The lowest BCUT2D eigenvalue weighted by Crippen LogP contribution is -2.24. The zero-order valence-corrected chi connectivity index (χ0v) is 11.1. The van der Waals surface area contributed by atoms with Gasteiger partial charge in [0.05, 0.1) is 13.2 Å². The average molecular weight is 267 g/mol. The van der Waals surface area contributed by atoms with Crippen LogP contribution >= 0.6 is 0 Å². The second-order valence-corrected chi connectivity index (χ2v) is 4.80. The van der Waals surface area contributed by atoms with Crippen LogP contribution in [0, 0.1) is 5.92 Å². The molecule has 1 saturated carbocycles. The van der Waals surface area contributed by atoms with E-state index < -0.39 is 0 Å². The largest absolute Gasteiger partial charge is 0.490 e. The summed E-state index contributed by atoms with van der Waals surface area (Å²) in [5, 5.41) is 12.7. The summed E-state index contributed by atoms with van der Waals surface area (Å²) in [4.78, 5) is 8.15. The summed E-state index contributed by atoms with van der Waals surface area (Å²) >= 11 is 0. The molecular formula is C12H21N5O2. The molecule has 0 radical (unpaired) electrons. The highest BCUT2D eigenvalue weighted by Crippen LogP contribution is 2.29. The van der Waals surface area contributed by atoms with E-state index in [0.717, 1.165) is 32.2 Å². The molecule has 0 amide bonds. The number of nitrogen functional groups attached to an aromatic ring is 1. The van der Waals surface area contributed by atoms with Crippen LogP contribution in [-0.4, -0.2) is 34.8 Å². The summed E-state index contributed by atoms with van der Waals surface area (Å²) in [6.07, 6.45) is 5.13. The molecule has 1 aliphatic carbocycles. The maximum atomic E-state index is 9.48. The third-order valence-electron chi connectivity index (χ3n) is 3.52. The van der Waals surface area contributed by atoms with Gasteiger partial charge in [0.2, 0.25) is 5.75 Å². The quantitative estimate of drug-likeness (QED) is 0.460. The first-order valence-corrected chi connectivity index (χ1v) is 6.52. The fourth-order valence-electron chi connectivity index (χ4n) is 2.39. The number of anilines is 2. The van der Waals surface area contributed by atoms with E-state index in [4.69, 9.17) is 10.6 Å². The Labute approximate surface area is 112 Å². The highest BCUT2D eigenvalue weighted by atomic mass is 16.5. The van der Waals surface area contributed by atoms with Gasteiger partial charge in [-0.25, -0.2) is 15.8 Å². The van der Waals surface area contributed by atoms with E-state index >= 15 is 0 Å². The summed E-state index contributed by atoms with van der Waals surface area (Å²) < 4.78 is 5.25. The highest BCUT2D eigenvalue weighted by Gasteiger charge is 2.20. The van der Waals surface area contributed by atoms with Crippen molar-refractivity contribution < 1.29 is 9.84 Å². The molecule has 1 aromatic heterocycles. The van der Waals surface area contributed by atoms with Crippen LogP contribution in [0.4, 0.5) is 11.6 Å². The Morgan fingerprint density at radius 3 is 2.63 bits per heavy atom. The zero-order valence-electron chi connectivity index (χ0n) is 11.1. The van der Waals surface area contributed by atoms with Crippen LogP contribution in [0.3, 0.4) is 0 Å². The molecule has 0 atom stereocenters. The van der Waals surface area contributed by atoms with E-state index in [0.29, 0.717) is 23.3 Å². The number of nitrogens with zero attached hydrogens (tertiary/aromatic N) is 2. The molecule has 0 unspecified atom stereocenters. The fraction of sp³-hybridized carbons (Fsp3) is 0.667. The monoisotopic (exact) mass is 267 g/mol. The van der Waals surface area contributed by atoms with Crippen LogP contribution in [0.15, 0.2) is 6.33 Å². The molecule has 1 aromatic rings. The Kier molecular flexibility index (Phi) is 4.75. The van der Waals surface area contributed by atoms with E-state index in [2.05, 4.69) is 20.7 Å².